The maximum Gasteiger partial charge on any atom is 0.416 e. The Balaban J connectivity index is 1.72. The molecular weight excluding hydrogens is 341 g/mol. The van der Waals surface area contributed by atoms with Crippen LogP contribution in [0.15, 0.2) is 42.5 Å². The van der Waals surface area contributed by atoms with E-state index in [1.807, 2.05) is 24.3 Å². The van der Waals surface area contributed by atoms with Crippen molar-refractivity contribution in [3.63, 3.8) is 0 Å². The Morgan fingerprint density at radius 1 is 1.12 bits per heavy atom. The number of hydrogen-bond donors (Lipinski definition) is 0. The molecule has 138 valence electrons. The number of rotatable bonds is 3. The van der Waals surface area contributed by atoms with Gasteiger partial charge in [0.25, 0.3) is 0 Å². The molecule has 0 unspecified atom stereocenters. The largest absolute Gasteiger partial charge is 0.497 e. The Bertz CT molecular complexity index is 806. The third-order valence-electron chi connectivity index (χ3n) is 5.27. The molecule has 0 amide bonds. The van der Waals surface area contributed by atoms with Gasteiger partial charge < -0.3 is 14.5 Å². The van der Waals surface area contributed by atoms with Gasteiger partial charge in [-0.05, 0) is 48.7 Å². The predicted molar refractivity (Wildman–Crippen MR) is 95.9 cm³/mol. The third-order valence-corrected chi connectivity index (χ3v) is 5.27. The maximum atomic E-state index is 13.2. The van der Waals surface area contributed by atoms with Crippen molar-refractivity contribution in [1.82, 2.24) is 0 Å². The molecule has 26 heavy (non-hydrogen) atoms. The van der Waals surface area contributed by atoms with E-state index in [9.17, 15) is 13.2 Å². The van der Waals surface area contributed by atoms with Gasteiger partial charge in [0.15, 0.2) is 0 Å². The van der Waals surface area contributed by atoms with Gasteiger partial charge in [0.05, 0.1) is 24.0 Å². The van der Waals surface area contributed by atoms with E-state index in [2.05, 4.69) is 9.80 Å². The van der Waals surface area contributed by atoms with Crippen LogP contribution in [0.3, 0.4) is 0 Å². The van der Waals surface area contributed by atoms with E-state index in [0.717, 1.165) is 42.9 Å². The highest BCUT2D eigenvalue weighted by atomic mass is 19.4. The predicted octanol–water partition coefficient (Wildman–Crippen LogP) is 4.70. The Morgan fingerprint density at radius 3 is 2.73 bits per heavy atom. The van der Waals surface area contributed by atoms with Crippen molar-refractivity contribution in [3.05, 3.63) is 53.6 Å². The summed E-state index contributed by atoms with van der Waals surface area (Å²) in [6, 6.07) is 12.2. The van der Waals surface area contributed by atoms with E-state index in [-0.39, 0.29) is 0 Å². The van der Waals surface area contributed by atoms with Crippen molar-refractivity contribution < 1.29 is 17.9 Å². The lowest BCUT2D eigenvalue weighted by Gasteiger charge is -2.41. The molecule has 0 N–H and O–H groups in total. The van der Waals surface area contributed by atoms with Crippen molar-refractivity contribution in [1.29, 1.82) is 0 Å². The summed E-state index contributed by atoms with van der Waals surface area (Å²) in [6.45, 7) is 2.22. The average molecular weight is 362 g/mol. The lowest BCUT2D eigenvalue weighted by atomic mass is 10.0. The fraction of sp³-hybridized carbons (Fsp3) is 0.400. The smallest absolute Gasteiger partial charge is 0.416 e. The monoisotopic (exact) mass is 362 g/mol. The van der Waals surface area contributed by atoms with E-state index < -0.39 is 11.7 Å². The van der Waals surface area contributed by atoms with Gasteiger partial charge in [-0.25, -0.2) is 0 Å². The van der Waals surface area contributed by atoms with Crippen molar-refractivity contribution in [3.8, 4) is 5.75 Å². The minimum absolute atomic E-state index is 0.366. The highest BCUT2D eigenvalue weighted by Crippen LogP contribution is 2.43. The lowest BCUT2D eigenvalue weighted by molar-refractivity contribution is -0.137. The van der Waals surface area contributed by atoms with Gasteiger partial charge in [-0.1, -0.05) is 12.1 Å². The second kappa shape index (κ2) is 6.41. The summed E-state index contributed by atoms with van der Waals surface area (Å²) in [6.07, 6.45) is -2.17. The normalized spacial score (nSPS) is 19.3. The minimum Gasteiger partial charge on any atom is -0.497 e. The standard InChI is InChI=1S/C20H21F3N2O/c1-26-17-6-2-4-14(10-17)12-24-13-16-5-3-9-25(16)18-8-7-15(11-19(18)24)20(21,22)23/h2,4,6-8,10-11,16H,3,5,9,12-13H2,1H3/t16-/m1/s1. The summed E-state index contributed by atoms with van der Waals surface area (Å²) in [7, 11) is 1.61. The number of anilines is 2. The first kappa shape index (κ1) is 17.1. The van der Waals surface area contributed by atoms with Crippen molar-refractivity contribution >= 4 is 11.4 Å². The van der Waals surface area contributed by atoms with Gasteiger partial charge in [0.2, 0.25) is 0 Å². The van der Waals surface area contributed by atoms with Crippen LogP contribution in [0.2, 0.25) is 0 Å². The third kappa shape index (κ3) is 3.08. The zero-order valence-corrected chi connectivity index (χ0v) is 14.6. The minimum atomic E-state index is -4.33. The van der Waals surface area contributed by atoms with Crippen molar-refractivity contribution in [2.24, 2.45) is 0 Å². The molecule has 0 radical (unpaired) electrons. The maximum absolute atomic E-state index is 13.2. The molecule has 2 aliphatic rings. The lowest BCUT2D eigenvalue weighted by Crippen LogP contribution is -2.45. The fourth-order valence-corrected chi connectivity index (χ4v) is 4.03. The number of fused-ring (bicyclic) bond motifs is 3. The fourth-order valence-electron chi connectivity index (χ4n) is 4.03. The Hall–Kier alpha value is -2.37. The van der Waals surface area contributed by atoms with Crippen LogP contribution >= 0.6 is 0 Å². The molecule has 2 heterocycles. The van der Waals surface area contributed by atoms with Gasteiger partial charge in [0, 0.05) is 25.7 Å². The van der Waals surface area contributed by atoms with Crippen LogP contribution in [0.1, 0.15) is 24.0 Å². The summed E-state index contributed by atoms with van der Waals surface area (Å²) in [5.41, 5.74) is 2.01. The average Bonchev–Trinajstić information content (AvgIpc) is 3.09. The van der Waals surface area contributed by atoms with Gasteiger partial charge in [-0.3, -0.25) is 0 Å². The second-order valence-electron chi connectivity index (χ2n) is 6.92. The summed E-state index contributed by atoms with van der Waals surface area (Å²) >= 11 is 0. The van der Waals surface area contributed by atoms with Crippen LogP contribution in [-0.4, -0.2) is 26.2 Å². The molecule has 3 nitrogen and oxygen atoms in total. The molecule has 0 saturated carbocycles. The first-order chi connectivity index (χ1) is 12.5. The number of benzene rings is 2. The Morgan fingerprint density at radius 2 is 1.96 bits per heavy atom. The van der Waals surface area contributed by atoms with Crippen LogP contribution < -0.4 is 14.5 Å². The van der Waals surface area contributed by atoms with Gasteiger partial charge >= 0.3 is 6.18 Å². The number of methoxy groups -OCH3 is 1. The zero-order valence-electron chi connectivity index (χ0n) is 14.6. The van der Waals surface area contributed by atoms with Crippen molar-refractivity contribution in [2.45, 2.75) is 31.6 Å². The van der Waals surface area contributed by atoms with Crippen LogP contribution in [0.5, 0.6) is 5.75 Å². The van der Waals surface area contributed by atoms with Crippen LogP contribution in [0, 0.1) is 0 Å². The van der Waals surface area contributed by atoms with E-state index in [1.54, 1.807) is 13.2 Å². The molecule has 1 atom stereocenters. The summed E-state index contributed by atoms with van der Waals surface area (Å²) in [4.78, 5) is 4.34. The molecule has 2 aliphatic heterocycles. The van der Waals surface area contributed by atoms with E-state index in [4.69, 9.17) is 4.74 Å². The first-order valence-corrected chi connectivity index (χ1v) is 8.81. The van der Waals surface area contributed by atoms with E-state index >= 15 is 0 Å². The number of halogens is 3. The van der Waals surface area contributed by atoms with Crippen LogP contribution in [0.4, 0.5) is 24.5 Å². The topological polar surface area (TPSA) is 15.7 Å². The summed E-state index contributed by atoms with van der Waals surface area (Å²) in [5, 5.41) is 0. The molecule has 0 bridgehead atoms. The van der Waals surface area contributed by atoms with Crippen molar-refractivity contribution in [2.75, 3.05) is 30.0 Å². The molecule has 2 aromatic rings. The second-order valence-corrected chi connectivity index (χ2v) is 6.92. The number of hydrogen-bond acceptors (Lipinski definition) is 3. The molecule has 0 aromatic heterocycles. The van der Waals surface area contributed by atoms with Gasteiger partial charge in [-0.15, -0.1) is 0 Å². The SMILES string of the molecule is COc1cccc(CN2C[C@H]3CCCN3c3ccc(C(F)(F)F)cc32)c1. The molecule has 0 aliphatic carbocycles. The van der Waals surface area contributed by atoms with Gasteiger partial charge in [-0.2, -0.15) is 13.2 Å². The Kier molecular flexibility index (Phi) is 4.21. The highest BCUT2D eigenvalue weighted by Gasteiger charge is 2.37. The van der Waals surface area contributed by atoms with Crippen LogP contribution in [-0.2, 0) is 12.7 Å². The molecule has 2 aromatic carbocycles. The van der Waals surface area contributed by atoms with E-state index in [0.29, 0.717) is 18.3 Å². The van der Waals surface area contributed by atoms with Gasteiger partial charge in [0.1, 0.15) is 5.75 Å². The number of alkyl halides is 3. The summed E-state index contributed by atoms with van der Waals surface area (Å²) < 4.78 is 45.0. The highest BCUT2D eigenvalue weighted by molar-refractivity contribution is 5.75. The number of nitrogens with zero attached hydrogens (tertiary/aromatic N) is 2. The number of ether oxygens (including phenoxy) is 1. The first-order valence-electron chi connectivity index (χ1n) is 8.81. The Labute approximate surface area is 151 Å². The molecular formula is C20H21F3N2O. The molecule has 0 spiro atoms. The quantitative estimate of drug-likeness (QED) is 0.787. The van der Waals surface area contributed by atoms with E-state index in [1.165, 1.54) is 12.1 Å². The molecule has 4 rings (SSSR count). The summed E-state index contributed by atoms with van der Waals surface area (Å²) in [5.74, 6) is 0.756. The molecule has 6 heteroatoms. The molecule has 1 saturated heterocycles. The zero-order chi connectivity index (χ0) is 18.3. The van der Waals surface area contributed by atoms with Crippen LogP contribution in [0.25, 0.3) is 0 Å². The molecule has 1 fully saturated rings.